The van der Waals surface area contributed by atoms with E-state index in [0.717, 1.165) is 6.42 Å². The molecule has 0 aromatic heterocycles. The molecule has 1 aliphatic rings. The Morgan fingerprint density at radius 1 is 1.23 bits per heavy atom. The number of ether oxygens (including phenoxy) is 1. The van der Waals surface area contributed by atoms with E-state index in [4.69, 9.17) is 51.1 Å². The van der Waals surface area contributed by atoms with E-state index in [-0.39, 0.29) is 11.5 Å². The molecule has 1 fully saturated rings. The van der Waals surface area contributed by atoms with Crippen molar-refractivity contribution in [3.8, 4) is 0 Å². The van der Waals surface area contributed by atoms with Gasteiger partial charge in [0.25, 0.3) is 0 Å². The first kappa shape index (κ1) is 12.2. The van der Waals surface area contributed by atoms with E-state index in [0.29, 0.717) is 6.42 Å². The van der Waals surface area contributed by atoms with Gasteiger partial charge in [-0.2, -0.15) is 0 Å². The molecule has 78 valence electrons. The van der Waals surface area contributed by atoms with E-state index in [1.807, 2.05) is 13.8 Å². The molecule has 0 N–H and O–H groups in total. The quantitative estimate of drug-likeness (QED) is 0.653. The van der Waals surface area contributed by atoms with Crippen LogP contribution in [0.5, 0.6) is 0 Å². The summed E-state index contributed by atoms with van der Waals surface area (Å²) < 4.78 is 4.27. The molecule has 0 bridgehead atoms. The van der Waals surface area contributed by atoms with E-state index in [1.54, 1.807) is 0 Å². The van der Waals surface area contributed by atoms with Crippen molar-refractivity contribution >= 4 is 46.4 Å². The van der Waals surface area contributed by atoms with Gasteiger partial charge in [0.05, 0.1) is 11.5 Å². The first-order chi connectivity index (χ1) is 5.72. The van der Waals surface area contributed by atoms with E-state index >= 15 is 0 Å². The molecular weight excluding hydrogens is 254 g/mol. The molecule has 1 rings (SSSR count). The summed E-state index contributed by atoms with van der Waals surface area (Å²) in [4.78, 5) is 0. The van der Waals surface area contributed by atoms with Crippen molar-refractivity contribution < 1.29 is 4.74 Å². The van der Waals surface area contributed by atoms with Crippen LogP contribution in [0.2, 0.25) is 0 Å². The van der Waals surface area contributed by atoms with Crippen molar-refractivity contribution in [2.24, 2.45) is 0 Å². The van der Waals surface area contributed by atoms with E-state index in [2.05, 4.69) is 0 Å². The van der Waals surface area contributed by atoms with Crippen LogP contribution in [0.3, 0.4) is 0 Å². The molecule has 0 radical (unpaired) electrons. The van der Waals surface area contributed by atoms with Crippen LogP contribution in [0.15, 0.2) is 0 Å². The normalized spacial score (nSPS) is 33.7. The van der Waals surface area contributed by atoms with Crippen LogP contribution in [0.1, 0.15) is 26.7 Å². The highest BCUT2D eigenvalue weighted by molar-refractivity contribution is 6.68. The highest BCUT2D eigenvalue weighted by Gasteiger charge is 2.55. The molecule has 1 nitrogen and oxygen atoms in total. The fourth-order valence-corrected chi connectivity index (χ4v) is 2.70. The maximum absolute atomic E-state index is 5.85. The largest absolute Gasteiger partial charge is 0.363 e. The summed E-state index contributed by atoms with van der Waals surface area (Å²) in [5.41, 5.74) is -1.08. The molecule has 0 saturated carbocycles. The zero-order valence-electron chi connectivity index (χ0n) is 7.54. The Morgan fingerprint density at radius 3 is 1.92 bits per heavy atom. The van der Waals surface area contributed by atoms with Gasteiger partial charge in [-0.3, -0.25) is 0 Å². The minimum atomic E-state index is -1.46. The van der Waals surface area contributed by atoms with Crippen molar-refractivity contribution in [1.29, 1.82) is 0 Å². The second-order valence-electron chi connectivity index (χ2n) is 3.99. The van der Waals surface area contributed by atoms with Gasteiger partial charge in [0.15, 0.2) is 0 Å². The molecule has 0 aromatic rings. The molecule has 0 amide bonds. The van der Waals surface area contributed by atoms with Crippen LogP contribution in [0, 0.1) is 0 Å². The number of alkyl halides is 4. The highest BCUT2D eigenvalue weighted by Crippen LogP contribution is 2.51. The fraction of sp³-hybridized carbons (Fsp3) is 1.00. The zero-order valence-corrected chi connectivity index (χ0v) is 10.6. The Morgan fingerprint density at radius 2 is 1.77 bits per heavy atom. The monoisotopic (exact) mass is 264 g/mol. The molecule has 1 aliphatic heterocycles. The van der Waals surface area contributed by atoms with Crippen molar-refractivity contribution in [2.45, 2.75) is 41.7 Å². The molecule has 1 unspecified atom stereocenters. The predicted molar refractivity (Wildman–Crippen MR) is 58.1 cm³/mol. The predicted octanol–water partition coefficient (Wildman–Crippen LogP) is 3.92. The van der Waals surface area contributed by atoms with E-state index in [1.165, 1.54) is 0 Å². The molecule has 1 saturated heterocycles. The smallest absolute Gasteiger partial charge is 0.220 e. The molecule has 0 aliphatic carbocycles. The lowest BCUT2D eigenvalue weighted by Gasteiger charge is -2.35. The van der Waals surface area contributed by atoms with Gasteiger partial charge in [0.1, 0.15) is 5.60 Å². The van der Waals surface area contributed by atoms with Crippen molar-refractivity contribution in [2.75, 3.05) is 5.88 Å². The van der Waals surface area contributed by atoms with Crippen molar-refractivity contribution in [3.63, 3.8) is 0 Å². The molecule has 13 heavy (non-hydrogen) atoms. The van der Waals surface area contributed by atoms with Crippen LogP contribution in [0.25, 0.3) is 0 Å². The van der Waals surface area contributed by atoms with Gasteiger partial charge in [-0.05, 0) is 26.7 Å². The number of halogens is 4. The standard InChI is InChI=1S/C8H12Cl4O/c1-6(2)3-4-7(5-9,13-6)8(10,11)12/h3-5H2,1-2H3. The fourth-order valence-electron chi connectivity index (χ4n) is 1.50. The lowest BCUT2D eigenvalue weighted by Crippen LogP contribution is -2.46. The minimum absolute atomic E-state index is 0.201. The molecule has 0 aromatic carbocycles. The Bertz CT molecular complexity index is 199. The molecule has 0 spiro atoms. The van der Waals surface area contributed by atoms with Gasteiger partial charge in [-0.15, -0.1) is 11.6 Å². The third-order valence-electron chi connectivity index (χ3n) is 2.34. The lowest BCUT2D eigenvalue weighted by atomic mass is 10.0. The van der Waals surface area contributed by atoms with Gasteiger partial charge in [0, 0.05) is 0 Å². The Kier molecular flexibility index (Phi) is 3.38. The Balaban J connectivity index is 2.87. The zero-order chi connectivity index (χ0) is 10.3. The second-order valence-corrected chi connectivity index (χ2v) is 6.54. The summed E-state index contributed by atoms with van der Waals surface area (Å²) in [5, 5.41) is 0. The van der Waals surface area contributed by atoms with Crippen LogP contribution in [-0.2, 0) is 4.74 Å². The lowest BCUT2D eigenvalue weighted by molar-refractivity contribution is -0.0706. The average Bonchev–Trinajstić information content (AvgIpc) is 2.26. The third-order valence-corrected chi connectivity index (χ3v) is 3.80. The maximum Gasteiger partial charge on any atom is 0.220 e. The molecule has 1 atom stereocenters. The van der Waals surface area contributed by atoms with E-state index < -0.39 is 9.39 Å². The molecular formula is C8H12Cl4O. The molecule has 5 heteroatoms. The van der Waals surface area contributed by atoms with Gasteiger partial charge >= 0.3 is 0 Å². The Hall–Kier alpha value is 1.12. The summed E-state index contributed by atoms with van der Waals surface area (Å²) in [5.74, 6) is 0.201. The van der Waals surface area contributed by atoms with Crippen LogP contribution in [-0.4, -0.2) is 20.9 Å². The van der Waals surface area contributed by atoms with Gasteiger partial charge in [0.2, 0.25) is 3.79 Å². The number of rotatable bonds is 1. The minimum Gasteiger partial charge on any atom is -0.363 e. The number of hydrogen-bond acceptors (Lipinski definition) is 1. The second kappa shape index (κ2) is 3.61. The summed E-state index contributed by atoms with van der Waals surface area (Å²) in [7, 11) is 0. The van der Waals surface area contributed by atoms with Crippen molar-refractivity contribution in [1.82, 2.24) is 0 Å². The maximum atomic E-state index is 5.85. The van der Waals surface area contributed by atoms with E-state index in [9.17, 15) is 0 Å². The van der Waals surface area contributed by atoms with Crippen LogP contribution < -0.4 is 0 Å². The van der Waals surface area contributed by atoms with Gasteiger partial charge < -0.3 is 4.74 Å². The third kappa shape index (κ3) is 2.38. The summed E-state index contributed by atoms with van der Waals surface area (Å²) in [6.07, 6.45) is 1.54. The van der Waals surface area contributed by atoms with Gasteiger partial charge in [-0.25, -0.2) is 0 Å². The molecule has 1 heterocycles. The summed E-state index contributed by atoms with van der Waals surface area (Å²) in [6, 6.07) is 0. The topological polar surface area (TPSA) is 9.23 Å². The van der Waals surface area contributed by atoms with Gasteiger partial charge in [-0.1, -0.05) is 34.8 Å². The highest BCUT2D eigenvalue weighted by atomic mass is 35.6. The Labute approximate surface area is 98.6 Å². The summed E-state index contributed by atoms with van der Waals surface area (Å²) >= 11 is 23.3. The summed E-state index contributed by atoms with van der Waals surface area (Å²) in [6.45, 7) is 3.94. The van der Waals surface area contributed by atoms with Crippen LogP contribution in [0.4, 0.5) is 0 Å². The van der Waals surface area contributed by atoms with Crippen molar-refractivity contribution in [3.05, 3.63) is 0 Å². The average molecular weight is 266 g/mol. The first-order valence-corrected chi connectivity index (χ1v) is 5.72. The SMILES string of the molecule is CC1(C)CCC(CCl)(C(Cl)(Cl)Cl)O1. The van der Waals surface area contributed by atoms with Crippen LogP contribution >= 0.6 is 46.4 Å². The first-order valence-electron chi connectivity index (χ1n) is 4.05. The number of hydrogen-bond donors (Lipinski definition) is 0.